The van der Waals surface area contributed by atoms with Gasteiger partial charge in [0.1, 0.15) is 5.60 Å². The lowest BCUT2D eigenvalue weighted by molar-refractivity contribution is 0.0269. The first-order valence-electron chi connectivity index (χ1n) is 6.72. The van der Waals surface area contributed by atoms with Gasteiger partial charge in [0.2, 0.25) is 0 Å². The summed E-state index contributed by atoms with van der Waals surface area (Å²) >= 11 is 0. The summed E-state index contributed by atoms with van der Waals surface area (Å²) in [5.74, 6) is 0.377. The number of carbonyl (C=O) groups excluding carboxylic acids is 1. The molecule has 0 spiro atoms. The van der Waals surface area contributed by atoms with Gasteiger partial charge in [0.15, 0.2) is 0 Å². The number of hydrogen-bond donors (Lipinski definition) is 0. The van der Waals surface area contributed by atoms with Crippen molar-refractivity contribution in [1.82, 2.24) is 4.90 Å². The number of nitrogens with zero attached hydrogens (tertiary/aromatic N) is 1. The van der Waals surface area contributed by atoms with E-state index >= 15 is 0 Å². The molecule has 3 nitrogen and oxygen atoms in total. The first-order valence-corrected chi connectivity index (χ1v) is 6.72. The van der Waals surface area contributed by atoms with Gasteiger partial charge in [-0.05, 0) is 31.9 Å². The van der Waals surface area contributed by atoms with Crippen LogP contribution >= 0.6 is 0 Å². The highest BCUT2D eigenvalue weighted by Crippen LogP contribution is 2.53. The summed E-state index contributed by atoms with van der Waals surface area (Å²) in [4.78, 5) is 14.0. The molecular formula is C16H19NO2. The quantitative estimate of drug-likeness (QED) is 0.722. The lowest BCUT2D eigenvalue weighted by Crippen LogP contribution is -2.37. The van der Waals surface area contributed by atoms with E-state index in [9.17, 15) is 4.79 Å². The average Bonchev–Trinajstić information content (AvgIpc) is 2.88. The van der Waals surface area contributed by atoms with Crippen LogP contribution in [0.1, 0.15) is 32.3 Å². The van der Waals surface area contributed by atoms with Gasteiger partial charge in [-0.25, -0.2) is 4.79 Å². The summed E-state index contributed by atoms with van der Waals surface area (Å²) < 4.78 is 5.46. The van der Waals surface area contributed by atoms with Gasteiger partial charge >= 0.3 is 6.09 Å². The predicted molar refractivity (Wildman–Crippen MR) is 74.0 cm³/mol. The van der Waals surface area contributed by atoms with Crippen LogP contribution in [0.3, 0.4) is 0 Å². The van der Waals surface area contributed by atoms with Crippen molar-refractivity contribution in [2.45, 2.75) is 38.3 Å². The van der Waals surface area contributed by atoms with Crippen molar-refractivity contribution in [3.05, 3.63) is 47.5 Å². The number of amides is 1. The lowest BCUT2D eigenvalue weighted by Gasteiger charge is -2.25. The Morgan fingerprint density at radius 2 is 1.95 bits per heavy atom. The van der Waals surface area contributed by atoms with E-state index in [2.05, 4.69) is 18.2 Å². The Kier molecular flexibility index (Phi) is 2.66. The highest BCUT2D eigenvalue weighted by molar-refractivity contribution is 5.74. The van der Waals surface area contributed by atoms with Crippen LogP contribution in [-0.2, 0) is 4.74 Å². The Labute approximate surface area is 113 Å². The summed E-state index contributed by atoms with van der Waals surface area (Å²) in [7, 11) is 0. The first-order chi connectivity index (χ1) is 8.97. The minimum absolute atomic E-state index is 0.206. The van der Waals surface area contributed by atoms with Gasteiger partial charge in [0, 0.05) is 12.5 Å². The molecule has 0 unspecified atom stereocenters. The van der Waals surface area contributed by atoms with Crippen LogP contribution in [0.5, 0.6) is 0 Å². The second kappa shape index (κ2) is 4.12. The van der Waals surface area contributed by atoms with Gasteiger partial charge in [-0.15, -0.1) is 0 Å². The molecule has 0 saturated heterocycles. The molecule has 2 aliphatic rings. The third-order valence-electron chi connectivity index (χ3n) is 3.55. The van der Waals surface area contributed by atoms with Crippen LogP contribution in [0.25, 0.3) is 0 Å². The Morgan fingerprint density at radius 3 is 2.58 bits per heavy atom. The highest BCUT2D eigenvalue weighted by Gasteiger charge is 2.54. The Balaban J connectivity index is 1.72. The van der Waals surface area contributed by atoms with Gasteiger partial charge < -0.3 is 4.74 Å². The summed E-state index contributed by atoms with van der Waals surface area (Å²) in [6, 6.07) is 10.6. The topological polar surface area (TPSA) is 29.5 Å². The zero-order chi connectivity index (χ0) is 13.6. The molecule has 0 radical (unpaired) electrons. The van der Waals surface area contributed by atoms with E-state index in [0.717, 1.165) is 0 Å². The molecule has 0 N–H and O–H groups in total. The number of hydrogen-bond acceptors (Lipinski definition) is 2. The molecule has 19 heavy (non-hydrogen) atoms. The standard InChI is InChI=1S/C16H19NO2/c1-16(2,3)19-15(18)17-10-9-12-13(14(12)17)11-7-5-4-6-8-11/h4-9,13-14H,10H2,1-3H3/t13-,14-/m0/s1. The average molecular weight is 257 g/mol. The van der Waals surface area contributed by atoms with Crippen LogP contribution in [-0.4, -0.2) is 29.2 Å². The summed E-state index contributed by atoms with van der Waals surface area (Å²) in [5.41, 5.74) is 2.21. The Morgan fingerprint density at radius 1 is 1.26 bits per heavy atom. The maximum absolute atomic E-state index is 12.1. The van der Waals surface area contributed by atoms with Crippen LogP contribution in [0.4, 0.5) is 4.79 Å². The van der Waals surface area contributed by atoms with E-state index in [1.54, 1.807) is 0 Å². The van der Waals surface area contributed by atoms with E-state index < -0.39 is 5.60 Å². The van der Waals surface area contributed by atoms with Crippen molar-refractivity contribution < 1.29 is 9.53 Å². The molecule has 1 saturated carbocycles. The minimum atomic E-state index is -0.434. The maximum Gasteiger partial charge on any atom is 0.411 e. The molecule has 1 heterocycles. The molecule has 1 aromatic rings. The molecule has 2 atom stereocenters. The van der Waals surface area contributed by atoms with Crippen molar-refractivity contribution in [3.8, 4) is 0 Å². The van der Waals surface area contributed by atoms with Crippen LogP contribution < -0.4 is 0 Å². The molecule has 1 amide bonds. The summed E-state index contributed by atoms with van der Waals surface area (Å²) in [6.07, 6.45) is 1.95. The third-order valence-corrected chi connectivity index (χ3v) is 3.55. The number of ether oxygens (including phenoxy) is 1. The van der Waals surface area contributed by atoms with Crippen LogP contribution in [0.2, 0.25) is 0 Å². The largest absolute Gasteiger partial charge is 0.444 e. The van der Waals surface area contributed by atoms with Gasteiger partial charge in [-0.2, -0.15) is 0 Å². The first kappa shape index (κ1) is 12.3. The smallest absolute Gasteiger partial charge is 0.411 e. The van der Waals surface area contributed by atoms with Crippen molar-refractivity contribution in [2.75, 3.05) is 6.54 Å². The van der Waals surface area contributed by atoms with Crippen molar-refractivity contribution in [3.63, 3.8) is 0 Å². The molecule has 0 aromatic heterocycles. The van der Waals surface area contributed by atoms with Gasteiger partial charge in [0.05, 0.1) is 6.04 Å². The van der Waals surface area contributed by atoms with Gasteiger partial charge in [-0.3, -0.25) is 4.90 Å². The lowest BCUT2D eigenvalue weighted by atomic mass is 10.1. The molecule has 1 aliphatic heterocycles. The van der Waals surface area contributed by atoms with E-state index in [-0.39, 0.29) is 12.1 Å². The number of benzene rings is 1. The number of rotatable bonds is 1. The molecule has 0 bridgehead atoms. The summed E-state index contributed by atoms with van der Waals surface area (Å²) in [5, 5.41) is 0. The monoisotopic (exact) mass is 257 g/mol. The number of carbonyl (C=O) groups is 1. The maximum atomic E-state index is 12.1. The summed E-state index contributed by atoms with van der Waals surface area (Å²) in [6.45, 7) is 6.38. The second-order valence-corrected chi connectivity index (χ2v) is 6.17. The Hall–Kier alpha value is -1.77. The van der Waals surface area contributed by atoms with Crippen molar-refractivity contribution >= 4 is 6.09 Å². The van der Waals surface area contributed by atoms with E-state index in [4.69, 9.17) is 4.74 Å². The molecule has 1 aromatic carbocycles. The predicted octanol–water partition coefficient (Wildman–Crippen LogP) is 3.33. The molecule has 1 aliphatic carbocycles. The minimum Gasteiger partial charge on any atom is -0.444 e. The third kappa shape index (κ3) is 2.25. The number of fused-ring (bicyclic) bond motifs is 1. The Bertz CT molecular complexity index is 527. The van der Waals surface area contributed by atoms with E-state index in [0.29, 0.717) is 12.5 Å². The fraction of sp³-hybridized carbons (Fsp3) is 0.438. The zero-order valence-electron chi connectivity index (χ0n) is 11.6. The normalized spacial score (nSPS) is 24.8. The molecule has 1 fully saturated rings. The zero-order valence-corrected chi connectivity index (χ0v) is 11.6. The molecule has 100 valence electrons. The second-order valence-electron chi connectivity index (χ2n) is 6.17. The van der Waals surface area contributed by atoms with Crippen molar-refractivity contribution in [2.24, 2.45) is 0 Å². The molecular weight excluding hydrogens is 238 g/mol. The van der Waals surface area contributed by atoms with E-state index in [1.165, 1.54) is 11.1 Å². The fourth-order valence-electron chi connectivity index (χ4n) is 2.74. The highest BCUT2D eigenvalue weighted by atomic mass is 16.6. The van der Waals surface area contributed by atoms with Gasteiger partial charge in [0.25, 0.3) is 0 Å². The SMILES string of the molecule is CC(C)(C)OC(=O)N1CC=C2[C@H](c3ccccc3)[C@H]21. The van der Waals surface area contributed by atoms with Crippen LogP contribution in [0.15, 0.2) is 42.0 Å². The van der Waals surface area contributed by atoms with Gasteiger partial charge in [-0.1, -0.05) is 36.4 Å². The van der Waals surface area contributed by atoms with E-state index in [1.807, 2.05) is 43.9 Å². The molecule has 3 heteroatoms. The van der Waals surface area contributed by atoms with Crippen LogP contribution in [0, 0.1) is 0 Å². The fourth-order valence-corrected chi connectivity index (χ4v) is 2.74. The van der Waals surface area contributed by atoms with Crippen molar-refractivity contribution in [1.29, 1.82) is 0 Å². The molecule has 3 rings (SSSR count).